The van der Waals surface area contributed by atoms with Crippen molar-refractivity contribution in [1.29, 1.82) is 0 Å². The van der Waals surface area contributed by atoms with Crippen LogP contribution in [0.5, 0.6) is 0 Å². The van der Waals surface area contributed by atoms with Crippen LogP contribution < -0.4 is 5.73 Å². The first-order chi connectivity index (χ1) is 3.30. The van der Waals surface area contributed by atoms with Crippen molar-refractivity contribution in [3.63, 3.8) is 0 Å². The third-order valence-corrected chi connectivity index (χ3v) is 1.11. The summed E-state index contributed by atoms with van der Waals surface area (Å²) in [5, 5.41) is 8.65. The third kappa shape index (κ3) is 0.907. The molecule has 0 saturated carbocycles. The summed E-state index contributed by atoms with van der Waals surface area (Å²) in [4.78, 5) is 0. The zero-order chi connectivity index (χ0) is 5.28. The molecule has 3 nitrogen and oxygen atoms in total. The van der Waals surface area contributed by atoms with Crippen molar-refractivity contribution in [3.8, 4) is 0 Å². The molecule has 1 heterocycles. The minimum atomic E-state index is -0.708. The Morgan fingerprint density at radius 2 is 2.43 bits per heavy atom. The third-order valence-electron chi connectivity index (χ3n) is 1.11. The van der Waals surface area contributed by atoms with Gasteiger partial charge in [-0.05, 0) is 6.42 Å². The van der Waals surface area contributed by atoms with Gasteiger partial charge in [0.15, 0.2) is 6.29 Å². The van der Waals surface area contributed by atoms with Gasteiger partial charge in [0.25, 0.3) is 0 Å². The lowest BCUT2D eigenvalue weighted by molar-refractivity contribution is -0.0663. The summed E-state index contributed by atoms with van der Waals surface area (Å²) in [7, 11) is 0. The van der Waals surface area contributed by atoms with Crippen molar-refractivity contribution in [2.24, 2.45) is 5.73 Å². The van der Waals surface area contributed by atoms with Crippen molar-refractivity contribution in [1.82, 2.24) is 0 Å². The molecule has 0 aromatic heterocycles. The quantitative estimate of drug-likeness (QED) is 0.415. The molecule has 42 valence electrons. The second-order valence-electron chi connectivity index (χ2n) is 1.71. The van der Waals surface area contributed by atoms with Gasteiger partial charge >= 0.3 is 0 Å². The van der Waals surface area contributed by atoms with E-state index in [0.717, 1.165) is 6.42 Å². The molecule has 1 aliphatic rings. The van der Waals surface area contributed by atoms with Crippen LogP contribution in [-0.2, 0) is 4.74 Å². The molecule has 3 heteroatoms. The summed E-state index contributed by atoms with van der Waals surface area (Å²) in [6.07, 6.45) is 0.0706. The van der Waals surface area contributed by atoms with E-state index in [4.69, 9.17) is 15.6 Å². The van der Waals surface area contributed by atoms with Gasteiger partial charge in [0.2, 0.25) is 0 Å². The average Bonchev–Trinajstić information content (AvgIpc) is 1.91. The smallest absolute Gasteiger partial charge is 0.169 e. The van der Waals surface area contributed by atoms with Crippen LogP contribution in [0.4, 0.5) is 0 Å². The van der Waals surface area contributed by atoms with E-state index in [1.807, 2.05) is 0 Å². The Kier molecular flexibility index (Phi) is 1.27. The molecule has 0 spiro atoms. The Bertz CT molecular complexity index is 58.7. The SMILES string of the molecule is NC1CCOC1O. The standard InChI is InChI=1S/C4H9NO2/c5-3-1-2-7-4(3)6/h3-4,6H,1-2,5H2. The summed E-state index contributed by atoms with van der Waals surface area (Å²) in [5.41, 5.74) is 5.30. The number of nitrogens with two attached hydrogens (primary N) is 1. The van der Waals surface area contributed by atoms with Gasteiger partial charge in [-0.15, -0.1) is 0 Å². The highest BCUT2D eigenvalue weighted by Crippen LogP contribution is 2.06. The second kappa shape index (κ2) is 1.78. The number of rotatable bonds is 0. The van der Waals surface area contributed by atoms with E-state index in [1.165, 1.54) is 0 Å². The fourth-order valence-corrected chi connectivity index (χ4v) is 0.591. The van der Waals surface area contributed by atoms with Crippen LogP contribution in [0.1, 0.15) is 6.42 Å². The van der Waals surface area contributed by atoms with E-state index in [0.29, 0.717) is 6.61 Å². The maximum absolute atomic E-state index is 8.65. The van der Waals surface area contributed by atoms with Gasteiger partial charge in [-0.3, -0.25) is 0 Å². The van der Waals surface area contributed by atoms with Crippen LogP contribution in [-0.4, -0.2) is 24.0 Å². The van der Waals surface area contributed by atoms with Crippen LogP contribution in [0.2, 0.25) is 0 Å². The highest BCUT2D eigenvalue weighted by molar-refractivity contribution is 4.69. The first-order valence-corrected chi connectivity index (χ1v) is 2.36. The molecule has 0 aliphatic carbocycles. The summed E-state index contributed by atoms with van der Waals surface area (Å²) in [6, 6.07) is -0.153. The lowest BCUT2D eigenvalue weighted by atomic mass is 10.3. The molecule has 1 aliphatic heterocycles. The van der Waals surface area contributed by atoms with Crippen molar-refractivity contribution in [3.05, 3.63) is 0 Å². The van der Waals surface area contributed by atoms with Crippen LogP contribution in [0.15, 0.2) is 0 Å². The Hall–Kier alpha value is -0.120. The van der Waals surface area contributed by atoms with E-state index in [-0.39, 0.29) is 6.04 Å². The zero-order valence-electron chi connectivity index (χ0n) is 4.00. The number of aliphatic hydroxyl groups excluding tert-OH is 1. The molecule has 3 N–H and O–H groups in total. The summed E-state index contributed by atoms with van der Waals surface area (Å²) < 4.78 is 4.70. The fourth-order valence-electron chi connectivity index (χ4n) is 0.591. The zero-order valence-corrected chi connectivity index (χ0v) is 4.00. The normalized spacial score (nSPS) is 42.0. The van der Waals surface area contributed by atoms with E-state index in [2.05, 4.69) is 0 Å². The van der Waals surface area contributed by atoms with Crippen molar-refractivity contribution < 1.29 is 9.84 Å². The van der Waals surface area contributed by atoms with E-state index >= 15 is 0 Å². The molecular weight excluding hydrogens is 94.0 g/mol. The van der Waals surface area contributed by atoms with E-state index in [1.54, 1.807) is 0 Å². The molecule has 0 aromatic carbocycles. The van der Waals surface area contributed by atoms with Crippen molar-refractivity contribution in [2.45, 2.75) is 18.8 Å². The Morgan fingerprint density at radius 3 is 2.57 bits per heavy atom. The van der Waals surface area contributed by atoms with Crippen LogP contribution in [0.25, 0.3) is 0 Å². The van der Waals surface area contributed by atoms with Gasteiger partial charge in [0.1, 0.15) is 0 Å². The fraction of sp³-hybridized carbons (Fsp3) is 1.00. The monoisotopic (exact) mass is 103 g/mol. The van der Waals surface area contributed by atoms with E-state index in [9.17, 15) is 0 Å². The molecule has 0 amide bonds. The van der Waals surface area contributed by atoms with Gasteiger partial charge in [-0.2, -0.15) is 0 Å². The molecule has 7 heavy (non-hydrogen) atoms. The van der Waals surface area contributed by atoms with Crippen LogP contribution in [0.3, 0.4) is 0 Å². The molecule has 1 fully saturated rings. The summed E-state index contributed by atoms with van der Waals surface area (Å²) in [6.45, 7) is 0.600. The molecule has 1 saturated heterocycles. The van der Waals surface area contributed by atoms with Crippen LogP contribution >= 0.6 is 0 Å². The summed E-state index contributed by atoms with van der Waals surface area (Å²) >= 11 is 0. The Balaban J connectivity index is 2.33. The molecular formula is C4H9NO2. The highest BCUT2D eigenvalue weighted by Gasteiger charge is 2.20. The van der Waals surface area contributed by atoms with Gasteiger partial charge in [-0.1, -0.05) is 0 Å². The summed E-state index contributed by atoms with van der Waals surface area (Å²) in [5.74, 6) is 0. The molecule has 2 atom stereocenters. The van der Waals surface area contributed by atoms with Crippen LogP contribution in [0, 0.1) is 0 Å². The first kappa shape index (κ1) is 5.03. The maximum atomic E-state index is 8.65. The number of aliphatic hydroxyl groups is 1. The Labute approximate surface area is 42.1 Å². The molecule has 0 bridgehead atoms. The largest absolute Gasteiger partial charge is 0.367 e. The van der Waals surface area contributed by atoms with Gasteiger partial charge in [-0.25, -0.2) is 0 Å². The predicted molar refractivity (Wildman–Crippen MR) is 24.6 cm³/mol. The predicted octanol–water partition coefficient (Wildman–Crippen LogP) is -0.948. The van der Waals surface area contributed by atoms with Gasteiger partial charge in [0.05, 0.1) is 12.6 Å². The highest BCUT2D eigenvalue weighted by atomic mass is 16.6. The topological polar surface area (TPSA) is 55.5 Å². The minimum absolute atomic E-state index is 0.153. The molecule has 0 radical (unpaired) electrons. The maximum Gasteiger partial charge on any atom is 0.169 e. The lowest BCUT2D eigenvalue weighted by Crippen LogP contribution is -2.29. The minimum Gasteiger partial charge on any atom is -0.367 e. The first-order valence-electron chi connectivity index (χ1n) is 2.36. The van der Waals surface area contributed by atoms with Gasteiger partial charge < -0.3 is 15.6 Å². The number of hydrogen-bond donors (Lipinski definition) is 2. The second-order valence-corrected chi connectivity index (χ2v) is 1.71. The molecule has 2 unspecified atom stereocenters. The average molecular weight is 103 g/mol. The van der Waals surface area contributed by atoms with Crippen molar-refractivity contribution in [2.75, 3.05) is 6.61 Å². The van der Waals surface area contributed by atoms with Crippen molar-refractivity contribution >= 4 is 0 Å². The Morgan fingerprint density at radius 1 is 1.71 bits per heavy atom. The van der Waals surface area contributed by atoms with Gasteiger partial charge in [0, 0.05) is 0 Å². The molecule has 1 rings (SSSR count). The molecule has 0 aromatic rings. The van der Waals surface area contributed by atoms with E-state index < -0.39 is 6.29 Å². The number of ether oxygens (including phenoxy) is 1. The number of hydrogen-bond acceptors (Lipinski definition) is 3. The lowest BCUT2D eigenvalue weighted by Gasteiger charge is -2.03.